The molecule has 5 heteroatoms. The van der Waals surface area contributed by atoms with Crippen LogP contribution in [0.2, 0.25) is 5.02 Å². The number of hydrogen-bond acceptors (Lipinski definition) is 3. The van der Waals surface area contributed by atoms with Crippen molar-refractivity contribution < 1.29 is 14.4 Å². The van der Waals surface area contributed by atoms with Crippen molar-refractivity contribution in [1.29, 1.82) is 0 Å². The molecule has 2 aromatic carbocycles. The Kier molecular flexibility index (Phi) is 3.84. The molecule has 0 saturated heterocycles. The number of ketones is 1. The number of halogens is 1. The van der Waals surface area contributed by atoms with Gasteiger partial charge in [-0.3, -0.25) is 14.4 Å². The van der Waals surface area contributed by atoms with E-state index in [-0.39, 0.29) is 17.3 Å². The molecule has 1 aliphatic rings. The van der Waals surface area contributed by atoms with Crippen LogP contribution in [0, 0.1) is 0 Å². The normalized spacial score (nSPS) is 15.0. The van der Waals surface area contributed by atoms with Crippen LogP contribution in [0.25, 0.3) is 5.57 Å². The molecule has 0 unspecified atom stereocenters. The molecular weight excluding hydrogens is 314 g/mol. The SMILES string of the molecule is CC(=O)N1C(=O)/C(=C\C(=O)c2ccc(Cl)cc2)c2ccccc21. The van der Waals surface area contributed by atoms with E-state index in [4.69, 9.17) is 11.6 Å². The van der Waals surface area contributed by atoms with Gasteiger partial charge in [-0.1, -0.05) is 29.8 Å². The number of allylic oxidation sites excluding steroid dienone is 1. The highest BCUT2D eigenvalue weighted by Crippen LogP contribution is 2.36. The van der Waals surface area contributed by atoms with E-state index in [2.05, 4.69) is 0 Å². The van der Waals surface area contributed by atoms with Gasteiger partial charge in [0.05, 0.1) is 11.3 Å². The van der Waals surface area contributed by atoms with Crippen LogP contribution in [-0.2, 0) is 9.59 Å². The zero-order chi connectivity index (χ0) is 16.6. The summed E-state index contributed by atoms with van der Waals surface area (Å²) < 4.78 is 0. The summed E-state index contributed by atoms with van der Waals surface area (Å²) in [5, 5.41) is 0.527. The largest absolute Gasteiger partial charge is 0.289 e. The zero-order valence-corrected chi connectivity index (χ0v) is 13.0. The van der Waals surface area contributed by atoms with Gasteiger partial charge >= 0.3 is 0 Å². The number of fused-ring (bicyclic) bond motifs is 1. The van der Waals surface area contributed by atoms with Crippen molar-refractivity contribution in [3.8, 4) is 0 Å². The first-order chi connectivity index (χ1) is 11.0. The second kappa shape index (κ2) is 5.82. The standard InChI is InChI=1S/C18H12ClNO3/c1-11(21)20-16-5-3-2-4-14(16)15(18(20)23)10-17(22)12-6-8-13(19)9-7-12/h2-10H,1H3/b15-10-. The van der Waals surface area contributed by atoms with Crippen LogP contribution < -0.4 is 4.90 Å². The summed E-state index contributed by atoms with van der Waals surface area (Å²) in [5.74, 6) is -1.18. The number of imide groups is 1. The Bertz CT molecular complexity index is 853. The fourth-order valence-electron chi connectivity index (χ4n) is 2.52. The van der Waals surface area contributed by atoms with Gasteiger partial charge in [0.2, 0.25) is 5.91 Å². The molecule has 0 spiro atoms. The molecule has 2 amide bonds. The summed E-state index contributed by atoms with van der Waals surface area (Å²) in [7, 11) is 0. The van der Waals surface area contributed by atoms with Crippen molar-refractivity contribution in [3.05, 3.63) is 70.8 Å². The molecule has 0 fully saturated rings. The highest BCUT2D eigenvalue weighted by Gasteiger charge is 2.35. The molecule has 0 radical (unpaired) electrons. The number of nitrogens with zero attached hydrogens (tertiary/aromatic N) is 1. The molecule has 0 atom stereocenters. The Hall–Kier alpha value is -2.72. The van der Waals surface area contributed by atoms with Gasteiger partial charge in [-0.2, -0.15) is 0 Å². The minimum absolute atomic E-state index is 0.218. The van der Waals surface area contributed by atoms with Crippen LogP contribution in [0.15, 0.2) is 54.6 Å². The van der Waals surface area contributed by atoms with E-state index in [9.17, 15) is 14.4 Å². The molecule has 23 heavy (non-hydrogen) atoms. The summed E-state index contributed by atoms with van der Waals surface area (Å²) in [6.07, 6.45) is 1.27. The quantitative estimate of drug-likeness (QED) is 0.627. The number of amides is 2. The second-order valence-corrected chi connectivity index (χ2v) is 5.54. The zero-order valence-electron chi connectivity index (χ0n) is 12.2. The Morgan fingerprint density at radius 1 is 1.04 bits per heavy atom. The molecule has 1 heterocycles. The minimum Gasteiger partial charge on any atom is -0.289 e. The van der Waals surface area contributed by atoms with Crippen LogP contribution in [0.1, 0.15) is 22.8 Å². The minimum atomic E-state index is -0.485. The van der Waals surface area contributed by atoms with E-state index in [1.807, 2.05) is 0 Å². The highest BCUT2D eigenvalue weighted by molar-refractivity contribution is 6.41. The van der Waals surface area contributed by atoms with E-state index >= 15 is 0 Å². The summed E-state index contributed by atoms with van der Waals surface area (Å²) in [4.78, 5) is 37.7. The first kappa shape index (κ1) is 15.2. The molecular formula is C18H12ClNO3. The van der Waals surface area contributed by atoms with Gasteiger partial charge in [0.25, 0.3) is 5.91 Å². The third-order valence-electron chi connectivity index (χ3n) is 3.59. The van der Waals surface area contributed by atoms with E-state index in [1.165, 1.54) is 13.0 Å². The maximum Gasteiger partial charge on any atom is 0.265 e. The molecule has 0 aromatic heterocycles. The Labute approximate surface area is 138 Å². The number of benzene rings is 2. The Morgan fingerprint density at radius 2 is 1.70 bits per heavy atom. The van der Waals surface area contributed by atoms with Gasteiger partial charge < -0.3 is 0 Å². The van der Waals surface area contributed by atoms with Crippen LogP contribution in [-0.4, -0.2) is 17.6 Å². The van der Waals surface area contributed by atoms with Crippen LogP contribution in [0.4, 0.5) is 5.69 Å². The number of rotatable bonds is 2. The van der Waals surface area contributed by atoms with Gasteiger partial charge in [0, 0.05) is 23.1 Å². The van der Waals surface area contributed by atoms with E-state index in [0.29, 0.717) is 21.8 Å². The number of carbonyl (C=O) groups is 3. The molecule has 0 N–H and O–H groups in total. The van der Waals surface area contributed by atoms with Gasteiger partial charge in [0.15, 0.2) is 5.78 Å². The lowest BCUT2D eigenvalue weighted by Gasteiger charge is -2.11. The first-order valence-electron chi connectivity index (χ1n) is 6.95. The molecule has 3 rings (SSSR count). The molecule has 114 valence electrons. The Balaban J connectivity index is 2.05. The van der Waals surface area contributed by atoms with E-state index in [0.717, 1.165) is 4.90 Å². The second-order valence-electron chi connectivity index (χ2n) is 5.11. The lowest BCUT2D eigenvalue weighted by Crippen LogP contribution is -2.31. The molecule has 0 saturated carbocycles. The lowest BCUT2D eigenvalue weighted by atomic mass is 10.0. The number of anilines is 1. The fraction of sp³-hybridized carbons (Fsp3) is 0.0556. The van der Waals surface area contributed by atoms with Gasteiger partial charge in [0.1, 0.15) is 0 Å². The van der Waals surface area contributed by atoms with Crippen LogP contribution in [0.5, 0.6) is 0 Å². The first-order valence-corrected chi connectivity index (χ1v) is 7.33. The van der Waals surface area contributed by atoms with Crippen LogP contribution >= 0.6 is 11.6 Å². The molecule has 2 aromatic rings. The highest BCUT2D eigenvalue weighted by atomic mass is 35.5. The molecule has 1 aliphatic heterocycles. The maximum absolute atomic E-state index is 12.5. The predicted molar refractivity (Wildman–Crippen MR) is 88.4 cm³/mol. The average molecular weight is 326 g/mol. The van der Waals surface area contributed by atoms with Crippen molar-refractivity contribution in [2.24, 2.45) is 0 Å². The summed E-state index contributed by atoms with van der Waals surface area (Å²) >= 11 is 5.81. The smallest absolute Gasteiger partial charge is 0.265 e. The van der Waals surface area contributed by atoms with Gasteiger partial charge in [-0.15, -0.1) is 0 Å². The molecule has 0 aliphatic carbocycles. The van der Waals surface area contributed by atoms with E-state index in [1.54, 1.807) is 48.5 Å². The molecule has 0 bridgehead atoms. The summed E-state index contributed by atoms with van der Waals surface area (Å²) in [6.45, 7) is 1.32. The van der Waals surface area contributed by atoms with Crippen LogP contribution in [0.3, 0.4) is 0 Å². The van der Waals surface area contributed by atoms with Gasteiger partial charge in [-0.05, 0) is 36.4 Å². The van der Waals surface area contributed by atoms with Gasteiger partial charge in [-0.25, -0.2) is 4.90 Å². The number of para-hydroxylation sites is 1. The lowest BCUT2D eigenvalue weighted by molar-refractivity contribution is -0.122. The van der Waals surface area contributed by atoms with Crippen molar-refractivity contribution in [2.75, 3.05) is 4.90 Å². The van der Waals surface area contributed by atoms with E-state index < -0.39 is 5.91 Å². The number of carbonyl (C=O) groups excluding carboxylic acids is 3. The van der Waals surface area contributed by atoms with Crippen molar-refractivity contribution in [2.45, 2.75) is 6.92 Å². The summed E-state index contributed by atoms with van der Waals surface area (Å²) in [6, 6.07) is 13.3. The number of hydrogen-bond donors (Lipinski definition) is 0. The molecule has 4 nitrogen and oxygen atoms in total. The fourth-order valence-corrected chi connectivity index (χ4v) is 2.65. The maximum atomic E-state index is 12.5. The van der Waals surface area contributed by atoms with Crippen molar-refractivity contribution >= 4 is 40.5 Å². The third-order valence-corrected chi connectivity index (χ3v) is 3.84. The third kappa shape index (κ3) is 2.69. The predicted octanol–water partition coefficient (Wildman–Crippen LogP) is 3.50. The average Bonchev–Trinajstić information content (AvgIpc) is 2.80. The monoisotopic (exact) mass is 325 g/mol. The topological polar surface area (TPSA) is 54.5 Å². The van der Waals surface area contributed by atoms with Crippen molar-refractivity contribution in [1.82, 2.24) is 0 Å². The van der Waals surface area contributed by atoms with Crippen molar-refractivity contribution in [3.63, 3.8) is 0 Å². The Morgan fingerprint density at radius 3 is 2.35 bits per heavy atom. The summed E-state index contributed by atoms with van der Waals surface area (Å²) in [5.41, 5.74) is 1.72.